The predicted molar refractivity (Wildman–Crippen MR) is 113 cm³/mol. The molecule has 1 aliphatic rings. The van der Waals surface area contributed by atoms with Gasteiger partial charge in [-0.25, -0.2) is 4.98 Å². The Hall–Kier alpha value is -3.78. The van der Waals surface area contributed by atoms with Crippen LogP contribution in [-0.4, -0.2) is 53.0 Å². The number of aromatic nitrogens is 2. The van der Waals surface area contributed by atoms with Crippen LogP contribution in [-0.2, 0) is 4.74 Å². The second-order valence-corrected chi connectivity index (χ2v) is 6.83. The average Bonchev–Trinajstić information content (AvgIpc) is 2.80. The first kappa shape index (κ1) is 19.5. The van der Waals surface area contributed by atoms with Crippen LogP contribution in [0.15, 0.2) is 61.1 Å². The highest BCUT2D eigenvalue weighted by Gasteiger charge is 2.19. The zero-order valence-electron chi connectivity index (χ0n) is 16.2. The maximum Gasteiger partial charge on any atom is 0.259 e. The van der Waals surface area contributed by atoms with E-state index in [1.54, 1.807) is 53.8 Å². The molecule has 0 aliphatic carbocycles. The Labute approximate surface area is 173 Å². The summed E-state index contributed by atoms with van der Waals surface area (Å²) >= 11 is 0. The highest BCUT2D eigenvalue weighted by atomic mass is 16.5. The van der Waals surface area contributed by atoms with Gasteiger partial charge in [-0.2, -0.15) is 0 Å². The molecule has 152 valence electrons. The third-order valence-electron chi connectivity index (χ3n) is 4.86. The van der Waals surface area contributed by atoms with Crippen molar-refractivity contribution in [3.05, 3.63) is 72.2 Å². The van der Waals surface area contributed by atoms with E-state index < -0.39 is 0 Å². The lowest BCUT2D eigenvalue weighted by Crippen LogP contribution is -2.40. The van der Waals surface area contributed by atoms with Crippen LogP contribution in [0.3, 0.4) is 0 Å². The van der Waals surface area contributed by atoms with Gasteiger partial charge in [0.15, 0.2) is 0 Å². The summed E-state index contributed by atoms with van der Waals surface area (Å²) in [6.07, 6.45) is 4.79. The molecule has 0 unspecified atom stereocenters. The van der Waals surface area contributed by atoms with Crippen LogP contribution >= 0.6 is 0 Å². The quantitative estimate of drug-likeness (QED) is 0.692. The van der Waals surface area contributed by atoms with Gasteiger partial charge in [-0.05, 0) is 35.9 Å². The molecular weight excluding hydrogens is 382 g/mol. The zero-order valence-corrected chi connectivity index (χ0v) is 16.2. The Balaban J connectivity index is 1.53. The van der Waals surface area contributed by atoms with Gasteiger partial charge >= 0.3 is 0 Å². The van der Waals surface area contributed by atoms with Crippen LogP contribution in [0.1, 0.15) is 20.7 Å². The highest BCUT2D eigenvalue weighted by Crippen LogP contribution is 2.24. The third kappa shape index (κ3) is 4.28. The monoisotopic (exact) mass is 403 g/mol. The molecular formula is C22H21N5O3. The van der Waals surface area contributed by atoms with Gasteiger partial charge in [-0.3, -0.25) is 14.6 Å². The van der Waals surface area contributed by atoms with Crippen molar-refractivity contribution in [2.45, 2.75) is 0 Å². The summed E-state index contributed by atoms with van der Waals surface area (Å²) in [5.41, 5.74) is 8.99. The highest BCUT2D eigenvalue weighted by molar-refractivity contribution is 6.07. The number of amides is 2. The van der Waals surface area contributed by atoms with Gasteiger partial charge in [0.05, 0.1) is 18.8 Å². The number of anilines is 2. The number of benzene rings is 1. The smallest absolute Gasteiger partial charge is 0.259 e. The molecule has 3 N–H and O–H groups in total. The second kappa shape index (κ2) is 8.71. The molecule has 0 spiro atoms. The van der Waals surface area contributed by atoms with E-state index in [0.29, 0.717) is 37.6 Å². The Morgan fingerprint density at radius 2 is 1.70 bits per heavy atom. The van der Waals surface area contributed by atoms with Gasteiger partial charge in [0.2, 0.25) is 0 Å². The van der Waals surface area contributed by atoms with E-state index in [1.165, 1.54) is 0 Å². The fraction of sp³-hybridized carbons (Fsp3) is 0.182. The van der Waals surface area contributed by atoms with E-state index in [2.05, 4.69) is 15.3 Å². The van der Waals surface area contributed by atoms with Crippen molar-refractivity contribution in [1.29, 1.82) is 0 Å². The van der Waals surface area contributed by atoms with Crippen LogP contribution < -0.4 is 11.1 Å². The molecule has 0 radical (unpaired) electrons. The van der Waals surface area contributed by atoms with Crippen molar-refractivity contribution in [1.82, 2.24) is 14.9 Å². The zero-order chi connectivity index (χ0) is 20.9. The number of nitrogens with two attached hydrogens (primary N) is 1. The summed E-state index contributed by atoms with van der Waals surface area (Å²) in [7, 11) is 0. The Kier molecular flexibility index (Phi) is 5.67. The topological polar surface area (TPSA) is 110 Å². The molecule has 1 aliphatic heterocycles. The van der Waals surface area contributed by atoms with Crippen molar-refractivity contribution in [2.24, 2.45) is 0 Å². The third-order valence-corrected chi connectivity index (χ3v) is 4.86. The van der Waals surface area contributed by atoms with Gasteiger partial charge in [-0.1, -0.05) is 12.1 Å². The number of nitrogens with zero attached hydrogens (tertiary/aromatic N) is 3. The van der Waals surface area contributed by atoms with Crippen LogP contribution in [0.5, 0.6) is 0 Å². The number of nitrogen functional groups attached to an aromatic ring is 1. The molecule has 30 heavy (non-hydrogen) atoms. The van der Waals surface area contributed by atoms with Gasteiger partial charge in [0.25, 0.3) is 11.8 Å². The van der Waals surface area contributed by atoms with Crippen LogP contribution in [0.25, 0.3) is 11.1 Å². The Bertz CT molecular complexity index is 1050. The number of rotatable bonds is 4. The molecule has 3 aromatic rings. The van der Waals surface area contributed by atoms with Crippen molar-refractivity contribution in [2.75, 3.05) is 37.4 Å². The predicted octanol–water partition coefficient (Wildman–Crippen LogP) is 2.45. The van der Waals surface area contributed by atoms with E-state index in [1.807, 2.05) is 12.1 Å². The molecule has 0 bridgehead atoms. The summed E-state index contributed by atoms with van der Waals surface area (Å²) in [5, 5.41) is 2.78. The summed E-state index contributed by atoms with van der Waals surface area (Å²) in [5.74, 6) is -0.228. The maximum atomic E-state index is 12.6. The summed E-state index contributed by atoms with van der Waals surface area (Å²) in [4.78, 5) is 35.1. The van der Waals surface area contributed by atoms with Crippen molar-refractivity contribution >= 4 is 23.3 Å². The van der Waals surface area contributed by atoms with E-state index in [-0.39, 0.29) is 23.2 Å². The van der Waals surface area contributed by atoms with Gasteiger partial charge < -0.3 is 20.7 Å². The van der Waals surface area contributed by atoms with Crippen molar-refractivity contribution in [3.8, 4) is 11.1 Å². The van der Waals surface area contributed by atoms with E-state index in [4.69, 9.17) is 10.5 Å². The lowest BCUT2D eigenvalue weighted by Gasteiger charge is -2.26. The molecule has 4 rings (SSSR count). The first-order valence-corrected chi connectivity index (χ1v) is 9.56. The number of hydrogen-bond donors (Lipinski definition) is 2. The number of hydrogen-bond acceptors (Lipinski definition) is 6. The molecule has 1 aromatic carbocycles. The van der Waals surface area contributed by atoms with Gasteiger partial charge in [0, 0.05) is 48.5 Å². The fourth-order valence-corrected chi connectivity index (χ4v) is 3.20. The first-order chi connectivity index (χ1) is 14.6. The number of pyridine rings is 2. The summed E-state index contributed by atoms with van der Waals surface area (Å²) in [6.45, 7) is 2.31. The minimum Gasteiger partial charge on any atom is -0.383 e. The number of carbonyl (C=O) groups is 2. The normalized spacial score (nSPS) is 13.7. The molecule has 0 atom stereocenters. The minimum atomic E-state index is -0.354. The minimum absolute atomic E-state index is 0.0160. The summed E-state index contributed by atoms with van der Waals surface area (Å²) in [6, 6.07) is 12.3. The van der Waals surface area contributed by atoms with Crippen LogP contribution in [0, 0.1) is 0 Å². The van der Waals surface area contributed by atoms with Crippen molar-refractivity contribution < 1.29 is 14.3 Å². The molecule has 8 heteroatoms. The molecule has 1 saturated heterocycles. The van der Waals surface area contributed by atoms with Gasteiger partial charge in [0.1, 0.15) is 5.82 Å². The van der Waals surface area contributed by atoms with Crippen molar-refractivity contribution in [3.63, 3.8) is 0 Å². The second-order valence-electron chi connectivity index (χ2n) is 6.83. The van der Waals surface area contributed by atoms with Crippen LogP contribution in [0.4, 0.5) is 11.5 Å². The van der Waals surface area contributed by atoms with E-state index in [9.17, 15) is 9.59 Å². The SMILES string of the molecule is Nc1ncc(-c2ccc(C(=O)N3CCOCC3)cc2)cc1C(=O)Nc1ccncc1. The average molecular weight is 403 g/mol. The number of ether oxygens (including phenoxy) is 1. The first-order valence-electron chi connectivity index (χ1n) is 9.56. The lowest BCUT2D eigenvalue weighted by atomic mass is 10.0. The largest absolute Gasteiger partial charge is 0.383 e. The van der Waals surface area contributed by atoms with Crippen LogP contribution in [0.2, 0.25) is 0 Å². The Morgan fingerprint density at radius 3 is 2.40 bits per heavy atom. The maximum absolute atomic E-state index is 12.6. The molecule has 2 amide bonds. The lowest BCUT2D eigenvalue weighted by molar-refractivity contribution is 0.0303. The number of carbonyl (C=O) groups excluding carboxylic acids is 2. The van der Waals surface area contributed by atoms with Gasteiger partial charge in [-0.15, -0.1) is 0 Å². The van der Waals surface area contributed by atoms with E-state index in [0.717, 1.165) is 11.1 Å². The summed E-state index contributed by atoms with van der Waals surface area (Å²) < 4.78 is 5.29. The number of nitrogens with one attached hydrogen (secondary N) is 1. The molecule has 2 aromatic heterocycles. The molecule has 1 fully saturated rings. The Morgan fingerprint density at radius 1 is 1.00 bits per heavy atom. The molecule has 8 nitrogen and oxygen atoms in total. The number of morpholine rings is 1. The molecule has 0 saturated carbocycles. The fourth-order valence-electron chi connectivity index (χ4n) is 3.20. The standard InChI is InChI=1S/C22H21N5O3/c23-20-19(21(28)26-18-5-7-24-8-6-18)13-17(14-25-20)15-1-3-16(4-2-15)22(29)27-9-11-30-12-10-27/h1-8,13-14H,9-12H2,(H2,23,25)(H,24,26,28). The molecule has 3 heterocycles. The van der Waals surface area contributed by atoms with E-state index >= 15 is 0 Å².